The Labute approximate surface area is 167 Å². The van der Waals surface area contributed by atoms with Gasteiger partial charge in [0.2, 0.25) is 0 Å². The highest BCUT2D eigenvalue weighted by molar-refractivity contribution is 5.98. The van der Waals surface area contributed by atoms with Crippen LogP contribution in [-0.4, -0.2) is 25.3 Å². The van der Waals surface area contributed by atoms with E-state index in [1.54, 1.807) is 20.3 Å². The Balaban J connectivity index is 2.26. The summed E-state index contributed by atoms with van der Waals surface area (Å²) < 4.78 is 10.7. The van der Waals surface area contributed by atoms with E-state index in [0.717, 1.165) is 35.1 Å². The van der Waals surface area contributed by atoms with Crippen LogP contribution in [-0.2, 0) is 20.3 Å². The number of fused-ring (bicyclic) bond motifs is 1. The molecule has 0 amide bonds. The van der Waals surface area contributed by atoms with E-state index in [0.29, 0.717) is 5.56 Å². The molecule has 1 aliphatic rings. The normalized spacial score (nSPS) is 17.4. The third kappa shape index (κ3) is 3.47. The van der Waals surface area contributed by atoms with Crippen molar-refractivity contribution in [2.75, 3.05) is 14.2 Å². The molecular weight excluding hydrogens is 352 g/mol. The lowest BCUT2D eigenvalue weighted by Gasteiger charge is -2.43. The Bertz CT molecular complexity index is 874. The minimum atomic E-state index is -0.896. The molecule has 28 heavy (non-hydrogen) atoms. The molecule has 0 atom stereocenters. The molecule has 0 bridgehead atoms. The van der Waals surface area contributed by atoms with E-state index in [4.69, 9.17) is 9.47 Å². The number of methoxy groups -OCH3 is 2. The number of carboxylic acid groups (broad SMARTS) is 1. The molecule has 0 aromatic heterocycles. The molecule has 0 unspecified atom stereocenters. The minimum Gasteiger partial charge on any atom is -0.478 e. The van der Waals surface area contributed by atoms with Gasteiger partial charge >= 0.3 is 5.97 Å². The van der Waals surface area contributed by atoms with Gasteiger partial charge in [0.15, 0.2) is 6.29 Å². The zero-order valence-corrected chi connectivity index (χ0v) is 17.6. The summed E-state index contributed by atoms with van der Waals surface area (Å²) in [5, 5.41) is 9.91. The lowest BCUT2D eigenvalue weighted by Crippen LogP contribution is -2.35. The first-order chi connectivity index (χ1) is 13.1. The summed E-state index contributed by atoms with van der Waals surface area (Å²) in [6.45, 7) is 8.93. The quantitative estimate of drug-likeness (QED) is 0.675. The second-order valence-corrected chi connectivity index (χ2v) is 8.91. The standard InChI is InChI=1S/C24H30O4/c1-23(2)13-14-24(3,4)20-18(23)12-11-17(21(25)26)19(20)15-7-9-16(10-8-15)22(27-5)28-6/h7-12,22H,13-14H2,1-6H3,(H,25,26). The Morgan fingerprint density at radius 3 is 2.04 bits per heavy atom. The van der Waals surface area contributed by atoms with E-state index in [9.17, 15) is 9.90 Å². The number of ether oxygens (including phenoxy) is 2. The summed E-state index contributed by atoms with van der Waals surface area (Å²) in [5.74, 6) is -0.896. The molecule has 4 heteroatoms. The molecule has 150 valence electrons. The van der Waals surface area contributed by atoms with Crippen LogP contribution in [0.25, 0.3) is 11.1 Å². The smallest absolute Gasteiger partial charge is 0.336 e. The van der Waals surface area contributed by atoms with Crippen molar-refractivity contribution in [2.45, 2.75) is 57.7 Å². The number of carboxylic acids is 1. The maximum atomic E-state index is 12.1. The number of rotatable bonds is 5. The first kappa shape index (κ1) is 20.6. The molecule has 0 saturated heterocycles. The van der Waals surface area contributed by atoms with Crippen molar-refractivity contribution in [3.8, 4) is 11.1 Å². The predicted octanol–water partition coefficient (Wildman–Crippen LogP) is 5.69. The number of carbonyl (C=O) groups is 1. The van der Waals surface area contributed by atoms with Crippen LogP contribution in [0, 0.1) is 0 Å². The molecule has 0 aliphatic heterocycles. The van der Waals surface area contributed by atoms with Crippen molar-refractivity contribution in [3.05, 3.63) is 58.7 Å². The van der Waals surface area contributed by atoms with Gasteiger partial charge < -0.3 is 14.6 Å². The Hall–Kier alpha value is -2.17. The molecule has 2 aromatic carbocycles. The van der Waals surface area contributed by atoms with Gasteiger partial charge in [-0.3, -0.25) is 0 Å². The highest BCUT2D eigenvalue weighted by atomic mass is 16.7. The number of hydrogen-bond acceptors (Lipinski definition) is 3. The Morgan fingerprint density at radius 2 is 1.50 bits per heavy atom. The van der Waals surface area contributed by atoms with Crippen LogP contribution in [0.5, 0.6) is 0 Å². The SMILES string of the molecule is COC(OC)c1ccc(-c2c(C(=O)O)ccc3c2C(C)(C)CCC3(C)C)cc1. The Morgan fingerprint density at radius 1 is 0.929 bits per heavy atom. The monoisotopic (exact) mass is 382 g/mol. The van der Waals surface area contributed by atoms with E-state index in [-0.39, 0.29) is 10.8 Å². The summed E-state index contributed by atoms with van der Waals surface area (Å²) in [5.41, 5.74) is 5.34. The lowest BCUT2D eigenvalue weighted by molar-refractivity contribution is -0.106. The fourth-order valence-corrected chi connectivity index (χ4v) is 4.41. The van der Waals surface area contributed by atoms with Gasteiger partial charge in [0.1, 0.15) is 0 Å². The topological polar surface area (TPSA) is 55.8 Å². The van der Waals surface area contributed by atoms with E-state index in [2.05, 4.69) is 27.7 Å². The van der Waals surface area contributed by atoms with Crippen molar-refractivity contribution in [3.63, 3.8) is 0 Å². The molecule has 2 aromatic rings. The van der Waals surface area contributed by atoms with Gasteiger partial charge in [-0.1, -0.05) is 58.0 Å². The molecule has 1 aliphatic carbocycles. The van der Waals surface area contributed by atoms with Crippen molar-refractivity contribution >= 4 is 5.97 Å². The molecule has 1 N–H and O–H groups in total. The molecule has 0 spiro atoms. The molecular formula is C24H30O4. The van der Waals surface area contributed by atoms with Crippen LogP contribution < -0.4 is 0 Å². The van der Waals surface area contributed by atoms with Crippen molar-refractivity contribution in [2.24, 2.45) is 0 Å². The van der Waals surface area contributed by atoms with Gasteiger partial charge in [-0.15, -0.1) is 0 Å². The Kier molecular flexibility index (Phi) is 5.39. The summed E-state index contributed by atoms with van der Waals surface area (Å²) in [6, 6.07) is 11.6. The van der Waals surface area contributed by atoms with Gasteiger partial charge in [0.05, 0.1) is 5.56 Å². The van der Waals surface area contributed by atoms with Gasteiger partial charge in [0, 0.05) is 25.3 Å². The average molecular weight is 383 g/mol. The summed E-state index contributed by atoms with van der Waals surface area (Å²) in [4.78, 5) is 12.1. The average Bonchev–Trinajstić information content (AvgIpc) is 2.66. The highest BCUT2D eigenvalue weighted by Gasteiger charge is 2.40. The van der Waals surface area contributed by atoms with Gasteiger partial charge in [0.25, 0.3) is 0 Å². The van der Waals surface area contributed by atoms with E-state index < -0.39 is 12.3 Å². The van der Waals surface area contributed by atoms with Crippen LogP contribution in [0.2, 0.25) is 0 Å². The maximum absolute atomic E-state index is 12.1. The van der Waals surface area contributed by atoms with Gasteiger partial charge in [-0.25, -0.2) is 4.79 Å². The van der Waals surface area contributed by atoms with Crippen molar-refractivity contribution < 1.29 is 19.4 Å². The molecule has 3 rings (SSSR count). The lowest BCUT2D eigenvalue weighted by atomic mass is 9.61. The molecule has 0 radical (unpaired) electrons. The first-order valence-corrected chi connectivity index (χ1v) is 9.69. The number of hydrogen-bond donors (Lipinski definition) is 1. The minimum absolute atomic E-state index is 0.0216. The molecule has 0 heterocycles. The summed E-state index contributed by atoms with van der Waals surface area (Å²) >= 11 is 0. The highest BCUT2D eigenvalue weighted by Crippen LogP contribution is 2.50. The fourth-order valence-electron chi connectivity index (χ4n) is 4.41. The zero-order chi connectivity index (χ0) is 20.7. The van der Waals surface area contributed by atoms with Crippen LogP contribution in [0.4, 0.5) is 0 Å². The maximum Gasteiger partial charge on any atom is 0.336 e. The zero-order valence-electron chi connectivity index (χ0n) is 17.6. The fraction of sp³-hybridized carbons (Fsp3) is 0.458. The molecule has 0 saturated carbocycles. The van der Waals surface area contributed by atoms with Crippen LogP contribution in [0.1, 0.15) is 73.9 Å². The van der Waals surface area contributed by atoms with Crippen LogP contribution in [0.3, 0.4) is 0 Å². The second-order valence-electron chi connectivity index (χ2n) is 8.91. The molecule has 4 nitrogen and oxygen atoms in total. The van der Waals surface area contributed by atoms with Crippen molar-refractivity contribution in [1.82, 2.24) is 0 Å². The third-order valence-electron chi connectivity index (χ3n) is 6.12. The summed E-state index contributed by atoms with van der Waals surface area (Å²) in [7, 11) is 3.20. The van der Waals surface area contributed by atoms with Crippen LogP contribution in [0.15, 0.2) is 36.4 Å². The second kappa shape index (κ2) is 7.34. The number of aromatic carboxylic acids is 1. The first-order valence-electron chi connectivity index (χ1n) is 9.69. The third-order valence-corrected chi connectivity index (χ3v) is 6.12. The van der Waals surface area contributed by atoms with E-state index >= 15 is 0 Å². The number of benzene rings is 2. The van der Waals surface area contributed by atoms with Gasteiger partial charge in [-0.05, 0) is 46.4 Å². The van der Waals surface area contributed by atoms with Crippen LogP contribution >= 0.6 is 0 Å². The van der Waals surface area contributed by atoms with Crippen molar-refractivity contribution in [1.29, 1.82) is 0 Å². The molecule has 0 fully saturated rings. The predicted molar refractivity (Wildman–Crippen MR) is 111 cm³/mol. The summed E-state index contributed by atoms with van der Waals surface area (Å²) in [6.07, 6.45) is 1.67. The van der Waals surface area contributed by atoms with E-state index in [1.165, 1.54) is 5.56 Å². The van der Waals surface area contributed by atoms with Gasteiger partial charge in [-0.2, -0.15) is 0 Å². The largest absolute Gasteiger partial charge is 0.478 e. The van der Waals surface area contributed by atoms with E-state index in [1.807, 2.05) is 30.3 Å².